The molecule has 0 fully saturated rings. The van der Waals surface area contributed by atoms with E-state index in [-0.39, 0.29) is 31.1 Å². The highest BCUT2D eigenvalue weighted by Crippen LogP contribution is 2.14. The molecule has 6 heteroatoms. The van der Waals surface area contributed by atoms with Gasteiger partial charge >= 0.3 is 17.9 Å². The molecule has 0 radical (unpaired) electrons. The van der Waals surface area contributed by atoms with E-state index in [1.165, 1.54) is 57.8 Å². The lowest BCUT2D eigenvalue weighted by molar-refractivity contribution is -0.167. The lowest BCUT2D eigenvalue weighted by Gasteiger charge is -2.18. The number of unbranched alkanes of at least 4 members (excludes halogenated alkanes) is 21. The molecule has 0 aliphatic carbocycles. The maximum Gasteiger partial charge on any atom is 0.306 e. The van der Waals surface area contributed by atoms with Crippen LogP contribution >= 0.6 is 0 Å². The summed E-state index contributed by atoms with van der Waals surface area (Å²) in [4.78, 5) is 38.0. The Morgan fingerprint density at radius 2 is 0.651 bits per heavy atom. The van der Waals surface area contributed by atoms with Crippen molar-refractivity contribution < 1.29 is 28.6 Å². The minimum Gasteiger partial charge on any atom is -0.462 e. The second-order valence-corrected chi connectivity index (χ2v) is 17.0. The summed E-state index contributed by atoms with van der Waals surface area (Å²) >= 11 is 0. The molecule has 0 aliphatic heterocycles. The van der Waals surface area contributed by atoms with Crippen molar-refractivity contribution in [3.05, 3.63) is 85.1 Å². The van der Waals surface area contributed by atoms with E-state index in [1.54, 1.807) is 0 Å². The third-order valence-corrected chi connectivity index (χ3v) is 10.8. The van der Waals surface area contributed by atoms with Gasteiger partial charge in [-0.2, -0.15) is 0 Å². The molecule has 6 nitrogen and oxygen atoms in total. The molecule has 0 saturated heterocycles. The minimum absolute atomic E-state index is 0.0930. The monoisotopic (exact) mass is 877 g/mol. The first kappa shape index (κ1) is 59.6. The SMILES string of the molecule is CC/C=C\C/C=C\C/C=C\CCCCCCCC(=O)OC(COC(=O)CCCCCCC/C=C\C/C=C\CCC)COC(=O)CCCCCCCCC/C=C\C/C=C\CCCCC. The molecule has 0 aromatic carbocycles. The second-order valence-electron chi connectivity index (χ2n) is 17.0. The highest BCUT2D eigenvalue weighted by atomic mass is 16.6. The smallest absolute Gasteiger partial charge is 0.306 e. The Morgan fingerprint density at radius 1 is 0.333 bits per heavy atom. The van der Waals surface area contributed by atoms with Gasteiger partial charge in [0.05, 0.1) is 0 Å². The number of esters is 3. The number of ether oxygens (including phenoxy) is 3. The molecule has 1 atom stereocenters. The molecule has 63 heavy (non-hydrogen) atoms. The van der Waals surface area contributed by atoms with Crippen LogP contribution in [0.2, 0.25) is 0 Å². The largest absolute Gasteiger partial charge is 0.462 e. The first-order valence-electron chi connectivity index (χ1n) is 26.1. The Balaban J connectivity index is 4.44. The number of carbonyl (C=O) groups is 3. The molecular weight excluding hydrogens is 781 g/mol. The molecule has 1 unspecified atom stereocenters. The summed E-state index contributed by atoms with van der Waals surface area (Å²) in [7, 11) is 0. The van der Waals surface area contributed by atoms with E-state index in [9.17, 15) is 14.4 Å². The van der Waals surface area contributed by atoms with Gasteiger partial charge in [-0.3, -0.25) is 14.4 Å². The van der Waals surface area contributed by atoms with E-state index >= 15 is 0 Å². The van der Waals surface area contributed by atoms with E-state index in [0.717, 1.165) is 141 Å². The number of carbonyl (C=O) groups excluding carboxylic acids is 3. The Bertz CT molecular complexity index is 1240. The quantitative estimate of drug-likeness (QED) is 0.0262. The molecule has 360 valence electrons. The van der Waals surface area contributed by atoms with Gasteiger partial charge in [0.2, 0.25) is 0 Å². The summed E-state index contributed by atoms with van der Waals surface area (Å²) in [5, 5.41) is 0. The van der Waals surface area contributed by atoms with Crippen molar-refractivity contribution in [2.24, 2.45) is 0 Å². The average molecular weight is 877 g/mol. The van der Waals surface area contributed by atoms with Gasteiger partial charge in [0.15, 0.2) is 6.10 Å². The molecule has 0 aromatic heterocycles. The van der Waals surface area contributed by atoms with Crippen LogP contribution in [0.5, 0.6) is 0 Å². The van der Waals surface area contributed by atoms with Gasteiger partial charge in [0, 0.05) is 19.3 Å². The topological polar surface area (TPSA) is 78.9 Å². The van der Waals surface area contributed by atoms with Crippen molar-refractivity contribution in [2.45, 2.75) is 245 Å². The molecule has 0 bridgehead atoms. The Hall–Kier alpha value is -3.41. The van der Waals surface area contributed by atoms with Crippen molar-refractivity contribution >= 4 is 17.9 Å². The van der Waals surface area contributed by atoms with Gasteiger partial charge < -0.3 is 14.2 Å². The molecule has 0 heterocycles. The molecule has 0 amide bonds. The summed E-state index contributed by atoms with van der Waals surface area (Å²) in [6.07, 6.45) is 65.6. The van der Waals surface area contributed by atoms with E-state index in [1.807, 2.05) is 0 Å². The number of hydrogen-bond donors (Lipinski definition) is 0. The van der Waals surface area contributed by atoms with Gasteiger partial charge in [-0.1, -0.05) is 196 Å². The maximum absolute atomic E-state index is 12.8. The molecule has 0 saturated carbocycles. The molecule has 0 aliphatic rings. The van der Waals surface area contributed by atoms with Gasteiger partial charge in [-0.15, -0.1) is 0 Å². The van der Waals surface area contributed by atoms with Crippen LogP contribution in [0.4, 0.5) is 0 Å². The Morgan fingerprint density at radius 3 is 1.03 bits per heavy atom. The highest BCUT2D eigenvalue weighted by molar-refractivity contribution is 5.71. The minimum atomic E-state index is -0.795. The van der Waals surface area contributed by atoms with Crippen LogP contribution in [0, 0.1) is 0 Å². The van der Waals surface area contributed by atoms with Crippen molar-refractivity contribution in [3.8, 4) is 0 Å². The molecular formula is C57H96O6. The predicted molar refractivity (Wildman–Crippen MR) is 270 cm³/mol. The fraction of sp³-hybridized carbons (Fsp3) is 0.702. The van der Waals surface area contributed by atoms with Crippen LogP contribution in [0.3, 0.4) is 0 Å². The summed E-state index contributed by atoms with van der Waals surface area (Å²) in [6, 6.07) is 0. The zero-order chi connectivity index (χ0) is 45.8. The van der Waals surface area contributed by atoms with Gasteiger partial charge in [0.25, 0.3) is 0 Å². The maximum atomic E-state index is 12.8. The zero-order valence-electron chi connectivity index (χ0n) is 41.1. The number of hydrogen-bond acceptors (Lipinski definition) is 6. The van der Waals surface area contributed by atoms with Crippen molar-refractivity contribution in [3.63, 3.8) is 0 Å². The fourth-order valence-corrected chi connectivity index (χ4v) is 6.94. The van der Waals surface area contributed by atoms with Crippen LogP contribution in [0.15, 0.2) is 85.1 Å². The normalized spacial score (nSPS) is 12.7. The standard InChI is InChI=1S/C57H96O6/c1-4-7-10-13-16-19-22-25-27-28-30-32-35-38-41-44-47-50-56(59)62-53-54(52-61-55(58)49-46-43-40-37-34-31-24-21-18-15-12-9-6-3)63-57(60)51-48-45-42-39-36-33-29-26-23-20-17-14-11-8-5-2/h8,11-12,15-17,19-21,24-27,29,54H,4-7,9-10,13-14,18,22-23,28,30-53H2,1-3H3/b11-8-,15-12-,19-16-,20-17-,24-21-,27-25-,29-26-. The van der Waals surface area contributed by atoms with E-state index in [0.29, 0.717) is 19.3 Å². The highest BCUT2D eigenvalue weighted by Gasteiger charge is 2.19. The van der Waals surface area contributed by atoms with Gasteiger partial charge in [-0.25, -0.2) is 0 Å². The Kier molecular flexibility index (Phi) is 48.5. The van der Waals surface area contributed by atoms with Crippen molar-refractivity contribution in [1.82, 2.24) is 0 Å². The predicted octanol–water partition coefficient (Wildman–Crippen LogP) is 17.2. The van der Waals surface area contributed by atoms with Crippen LogP contribution < -0.4 is 0 Å². The Labute approximate surface area is 388 Å². The first-order valence-corrected chi connectivity index (χ1v) is 26.1. The van der Waals surface area contributed by atoms with Gasteiger partial charge in [0.1, 0.15) is 13.2 Å². The molecule has 0 N–H and O–H groups in total. The number of allylic oxidation sites excluding steroid dienone is 14. The van der Waals surface area contributed by atoms with Crippen molar-refractivity contribution in [1.29, 1.82) is 0 Å². The van der Waals surface area contributed by atoms with Crippen LogP contribution in [0.25, 0.3) is 0 Å². The summed E-state index contributed by atoms with van der Waals surface area (Å²) in [6.45, 7) is 6.40. The summed E-state index contributed by atoms with van der Waals surface area (Å²) < 4.78 is 16.8. The van der Waals surface area contributed by atoms with Crippen LogP contribution in [-0.4, -0.2) is 37.2 Å². The summed E-state index contributed by atoms with van der Waals surface area (Å²) in [5.74, 6) is -0.933. The summed E-state index contributed by atoms with van der Waals surface area (Å²) in [5.41, 5.74) is 0. The van der Waals surface area contributed by atoms with Crippen LogP contribution in [0.1, 0.15) is 239 Å². The third kappa shape index (κ3) is 49.5. The van der Waals surface area contributed by atoms with Crippen LogP contribution in [-0.2, 0) is 28.6 Å². The average Bonchev–Trinajstić information content (AvgIpc) is 3.28. The van der Waals surface area contributed by atoms with E-state index in [4.69, 9.17) is 14.2 Å². The molecule has 0 aromatic rings. The first-order chi connectivity index (χ1) is 31.0. The third-order valence-electron chi connectivity index (χ3n) is 10.8. The van der Waals surface area contributed by atoms with Gasteiger partial charge in [-0.05, 0) is 109 Å². The zero-order valence-corrected chi connectivity index (χ0v) is 41.1. The number of rotatable bonds is 46. The van der Waals surface area contributed by atoms with E-state index in [2.05, 4.69) is 106 Å². The lowest BCUT2D eigenvalue weighted by Crippen LogP contribution is -2.30. The molecule has 0 rings (SSSR count). The van der Waals surface area contributed by atoms with Crippen molar-refractivity contribution in [2.75, 3.05) is 13.2 Å². The fourth-order valence-electron chi connectivity index (χ4n) is 6.94. The van der Waals surface area contributed by atoms with E-state index < -0.39 is 6.10 Å². The lowest BCUT2D eigenvalue weighted by atomic mass is 10.1. The second kappa shape index (κ2) is 51.2. The molecule has 0 spiro atoms.